The van der Waals surface area contributed by atoms with Crippen LogP contribution in [-0.2, 0) is 19.6 Å². The fourth-order valence-corrected chi connectivity index (χ4v) is 6.50. The third-order valence-corrected chi connectivity index (χ3v) is 8.76. The Kier molecular flexibility index (Phi) is 6.97. The third-order valence-electron chi connectivity index (χ3n) is 5.71. The van der Waals surface area contributed by atoms with Crippen molar-refractivity contribution in [1.82, 2.24) is 4.31 Å². The Balaban J connectivity index is 1.40. The van der Waals surface area contributed by atoms with Crippen LogP contribution >= 0.6 is 11.3 Å². The summed E-state index contributed by atoms with van der Waals surface area (Å²) in [6.45, 7) is 2.46. The highest BCUT2D eigenvalue weighted by atomic mass is 32.2. The number of fused-ring (bicyclic) bond motifs is 1. The number of nitrogens with one attached hydrogen (secondary N) is 1. The highest BCUT2D eigenvalue weighted by Crippen LogP contribution is 2.30. The van der Waals surface area contributed by atoms with E-state index in [1.807, 2.05) is 18.2 Å². The van der Waals surface area contributed by atoms with Gasteiger partial charge >= 0.3 is 5.97 Å². The molecule has 176 valence electrons. The van der Waals surface area contributed by atoms with Crippen LogP contribution in [0.3, 0.4) is 0 Å². The Morgan fingerprint density at radius 1 is 1.18 bits per heavy atom. The van der Waals surface area contributed by atoms with Gasteiger partial charge in [0, 0.05) is 29.4 Å². The number of nitriles is 1. The van der Waals surface area contributed by atoms with Crippen LogP contribution in [0.4, 0.5) is 5.69 Å². The lowest BCUT2D eigenvalue weighted by Crippen LogP contribution is -2.41. The number of carbonyl (C=O) groups excluding carboxylic acids is 2. The van der Waals surface area contributed by atoms with E-state index in [-0.39, 0.29) is 41.3 Å². The molecule has 2 aromatic carbocycles. The molecule has 1 N–H and O–H groups in total. The van der Waals surface area contributed by atoms with Gasteiger partial charge in [-0.05, 0) is 61.5 Å². The number of ether oxygens (including phenoxy) is 1. The standard InChI is InChI=1S/C24H23N3O5S2/c1-2-32-24(29)21-14-18-13-19(7-8-20(18)33-21)26-23(28)16-9-11-27(12-10-16)34(30,31)22-6-4-3-5-17(22)15-25/h3-8,13-14,16H,2,9-12H2,1H3,(H,26,28). The number of hydrogen-bond acceptors (Lipinski definition) is 7. The van der Waals surface area contributed by atoms with E-state index in [1.165, 1.54) is 27.8 Å². The summed E-state index contributed by atoms with van der Waals surface area (Å²) in [5, 5.41) is 13.0. The van der Waals surface area contributed by atoms with Gasteiger partial charge in [-0.25, -0.2) is 13.2 Å². The number of nitrogens with zero attached hydrogens (tertiary/aromatic N) is 2. The number of esters is 1. The van der Waals surface area contributed by atoms with E-state index in [2.05, 4.69) is 5.32 Å². The second-order valence-electron chi connectivity index (χ2n) is 7.86. The van der Waals surface area contributed by atoms with Crippen LogP contribution in [0, 0.1) is 17.2 Å². The number of thiophene rings is 1. The van der Waals surface area contributed by atoms with Crippen molar-refractivity contribution in [3.63, 3.8) is 0 Å². The van der Waals surface area contributed by atoms with Crippen molar-refractivity contribution < 1.29 is 22.7 Å². The molecule has 1 aliphatic heterocycles. The topological polar surface area (TPSA) is 117 Å². The van der Waals surface area contributed by atoms with Crippen molar-refractivity contribution in [2.75, 3.05) is 25.0 Å². The van der Waals surface area contributed by atoms with Crippen molar-refractivity contribution in [1.29, 1.82) is 5.26 Å². The Hall–Kier alpha value is -3.26. The normalized spacial score (nSPS) is 15.1. The number of rotatable bonds is 6. The predicted octanol–water partition coefficient (Wildman–Crippen LogP) is 3.99. The van der Waals surface area contributed by atoms with Gasteiger partial charge in [-0.2, -0.15) is 9.57 Å². The molecule has 0 radical (unpaired) electrons. The van der Waals surface area contributed by atoms with Gasteiger partial charge in [0.1, 0.15) is 10.9 Å². The first kappa shape index (κ1) is 23.9. The largest absolute Gasteiger partial charge is 0.462 e. The number of benzene rings is 2. The summed E-state index contributed by atoms with van der Waals surface area (Å²) in [6.07, 6.45) is 0.765. The van der Waals surface area contributed by atoms with E-state index in [0.717, 1.165) is 10.1 Å². The van der Waals surface area contributed by atoms with E-state index in [1.54, 1.807) is 31.2 Å². The van der Waals surface area contributed by atoms with Crippen LogP contribution in [0.25, 0.3) is 10.1 Å². The van der Waals surface area contributed by atoms with Gasteiger partial charge in [0.25, 0.3) is 0 Å². The van der Waals surface area contributed by atoms with E-state index in [4.69, 9.17) is 4.74 Å². The second kappa shape index (κ2) is 9.93. The molecule has 0 unspecified atom stereocenters. The minimum atomic E-state index is -3.80. The molecule has 1 amide bonds. The Morgan fingerprint density at radius 3 is 2.62 bits per heavy atom. The molecule has 2 heterocycles. The molecular formula is C24H23N3O5S2. The molecular weight excluding hydrogens is 474 g/mol. The number of carbonyl (C=O) groups is 2. The molecule has 0 atom stereocenters. The van der Waals surface area contributed by atoms with Gasteiger partial charge in [0.2, 0.25) is 15.9 Å². The number of anilines is 1. The van der Waals surface area contributed by atoms with Gasteiger partial charge in [0.15, 0.2) is 0 Å². The summed E-state index contributed by atoms with van der Waals surface area (Å²) in [7, 11) is -3.80. The van der Waals surface area contributed by atoms with Crippen LogP contribution in [0.5, 0.6) is 0 Å². The van der Waals surface area contributed by atoms with Crippen LogP contribution in [0.2, 0.25) is 0 Å². The molecule has 1 fully saturated rings. The summed E-state index contributed by atoms with van der Waals surface area (Å²) in [6, 6.07) is 15.2. The van der Waals surface area contributed by atoms with E-state index >= 15 is 0 Å². The van der Waals surface area contributed by atoms with Crippen LogP contribution in [0.1, 0.15) is 35.0 Å². The maximum atomic E-state index is 13.0. The molecule has 0 aliphatic carbocycles. The van der Waals surface area contributed by atoms with Crippen LogP contribution < -0.4 is 5.32 Å². The van der Waals surface area contributed by atoms with Crippen molar-refractivity contribution in [2.45, 2.75) is 24.7 Å². The fraction of sp³-hybridized carbons (Fsp3) is 0.292. The zero-order valence-corrected chi connectivity index (χ0v) is 20.1. The van der Waals surface area contributed by atoms with Gasteiger partial charge in [-0.3, -0.25) is 4.79 Å². The molecule has 34 heavy (non-hydrogen) atoms. The van der Waals surface area contributed by atoms with Crippen molar-refractivity contribution in [3.8, 4) is 6.07 Å². The minimum absolute atomic E-state index is 0.00773. The first-order valence-electron chi connectivity index (χ1n) is 10.8. The predicted molar refractivity (Wildman–Crippen MR) is 129 cm³/mol. The number of amides is 1. The zero-order chi connectivity index (χ0) is 24.3. The monoisotopic (exact) mass is 497 g/mol. The quantitative estimate of drug-likeness (QED) is 0.515. The second-order valence-corrected chi connectivity index (χ2v) is 10.8. The Labute approximate surface area is 201 Å². The smallest absolute Gasteiger partial charge is 0.348 e. The molecule has 8 nitrogen and oxygen atoms in total. The molecule has 1 aliphatic rings. The van der Waals surface area contributed by atoms with Crippen LogP contribution in [0.15, 0.2) is 53.4 Å². The van der Waals surface area contributed by atoms with Crippen molar-refractivity contribution >= 4 is 49.0 Å². The van der Waals surface area contributed by atoms with E-state index in [0.29, 0.717) is 30.0 Å². The third kappa shape index (κ3) is 4.82. The number of hydrogen-bond donors (Lipinski definition) is 1. The first-order chi connectivity index (χ1) is 16.3. The lowest BCUT2D eigenvalue weighted by molar-refractivity contribution is -0.120. The lowest BCUT2D eigenvalue weighted by Gasteiger charge is -2.30. The fourth-order valence-electron chi connectivity index (χ4n) is 3.95. The highest BCUT2D eigenvalue weighted by molar-refractivity contribution is 7.89. The highest BCUT2D eigenvalue weighted by Gasteiger charge is 2.33. The van der Waals surface area contributed by atoms with E-state index in [9.17, 15) is 23.3 Å². The molecule has 4 rings (SSSR count). The summed E-state index contributed by atoms with van der Waals surface area (Å²) >= 11 is 1.33. The van der Waals surface area contributed by atoms with Crippen LogP contribution in [-0.4, -0.2) is 44.3 Å². The SMILES string of the molecule is CCOC(=O)c1cc2cc(NC(=O)C3CCN(S(=O)(=O)c4ccccc4C#N)CC3)ccc2s1. The molecule has 0 spiro atoms. The van der Waals surface area contributed by atoms with E-state index < -0.39 is 10.0 Å². The van der Waals surface area contributed by atoms with Crippen molar-refractivity contribution in [3.05, 3.63) is 59.0 Å². The van der Waals surface area contributed by atoms with Gasteiger partial charge in [0.05, 0.1) is 17.1 Å². The average Bonchev–Trinajstić information content (AvgIpc) is 3.28. The minimum Gasteiger partial charge on any atom is -0.462 e. The zero-order valence-electron chi connectivity index (χ0n) is 18.5. The Bertz CT molecular complexity index is 1380. The number of piperidine rings is 1. The van der Waals surface area contributed by atoms with Gasteiger partial charge in [-0.1, -0.05) is 12.1 Å². The maximum Gasteiger partial charge on any atom is 0.348 e. The van der Waals surface area contributed by atoms with Gasteiger partial charge in [-0.15, -0.1) is 11.3 Å². The molecule has 0 saturated carbocycles. The summed E-state index contributed by atoms with van der Waals surface area (Å²) < 4.78 is 33.3. The number of sulfonamides is 1. The average molecular weight is 498 g/mol. The summed E-state index contributed by atoms with van der Waals surface area (Å²) in [4.78, 5) is 25.3. The molecule has 1 saturated heterocycles. The van der Waals surface area contributed by atoms with Crippen molar-refractivity contribution in [2.24, 2.45) is 5.92 Å². The molecule has 3 aromatic rings. The lowest BCUT2D eigenvalue weighted by atomic mass is 9.97. The molecule has 1 aromatic heterocycles. The molecule has 10 heteroatoms. The Morgan fingerprint density at radius 2 is 1.91 bits per heavy atom. The van der Waals surface area contributed by atoms with Gasteiger partial charge < -0.3 is 10.1 Å². The first-order valence-corrected chi connectivity index (χ1v) is 13.1. The maximum absolute atomic E-state index is 13.0. The molecule has 0 bridgehead atoms. The summed E-state index contributed by atoms with van der Waals surface area (Å²) in [5.74, 6) is -0.867. The summed E-state index contributed by atoms with van der Waals surface area (Å²) in [5.41, 5.74) is 0.723.